The van der Waals surface area contributed by atoms with Gasteiger partial charge in [-0.1, -0.05) is 49.6 Å². The Hall–Kier alpha value is -2.49. The fourth-order valence-electron chi connectivity index (χ4n) is 3.54. The van der Waals surface area contributed by atoms with Crippen LogP contribution in [0.3, 0.4) is 0 Å². The third-order valence-electron chi connectivity index (χ3n) is 5.03. The Morgan fingerprint density at radius 1 is 1.00 bits per heavy atom. The number of rotatable bonds is 6. The number of amides is 2. The summed E-state index contributed by atoms with van der Waals surface area (Å²) in [6.07, 6.45) is 5.91. The first kappa shape index (κ1) is 18.3. The molecular weight excluding hydrogens is 322 g/mol. The maximum atomic E-state index is 12.2. The van der Waals surface area contributed by atoms with Crippen molar-refractivity contribution >= 4 is 17.4 Å². The van der Waals surface area contributed by atoms with Crippen molar-refractivity contribution in [2.75, 3.05) is 16.8 Å². The molecule has 4 nitrogen and oxygen atoms in total. The van der Waals surface area contributed by atoms with Gasteiger partial charge in [0.1, 0.15) is 0 Å². The summed E-state index contributed by atoms with van der Waals surface area (Å²) >= 11 is 0. The van der Waals surface area contributed by atoms with Crippen molar-refractivity contribution in [2.45, 2.75) is 51.6 Å². The summed E-state index contributed by atoms with van der Waals surface area (Å²) in [6, 6.07) is 18.8. The average Bonchev–Trinajstić information content (AvgIpc) is 2.68. The second-order valence-corrected chi connectivity index (χ2v) is 6.98. The first-order chi connectivity index (χ1) is 12.7. The zero-order chi connectivity index (χ0) is 18.2. The van der Waals surface area contributed by atoms with Gasteiger partial charge in [-0.2, -0.15) is 0 Å². The van der Waals surface area contributed by atoms with Gasteiger partial charge in [0.2, 0.25) is 0 Å². The van der Waals surface area contributed by atoms with Crippen molar-refractivity contribution in [3.8, 4) is 0 Å². The topological polar surface area (TPSA) is 44.4 Å². The van der Waals surface area contributed by atoms with Crippen molar-refractivity contribution in [3.63, 3.8) is 0 Å². The lowest BCUT2D eigenvalue weighted by Crippen LogP contribution is -2.39. The molecule has 1 fully saturated rings. The summed E-state index contributed by atoms with van der Waals surface area (Å²) in [5.41, 5.74) is 3.29. The van der Waals surface area contributed by atoms with E-state index in [0.717, 1.165) is 37.3 Å². The minimum absolute atomic E-state index is 0.0960. The molecule has 0 aliphatic heterocycles. The van der Waals surface area contributed by atoms with Gasteiger partial charge in [0, 0.05) is 30.5 Å². The van der Waals surface area contributed by atoms with Crippen LogP contribution in [0, 0.1) is 0 Å². The average molecular weight is 351 g/mol. The molecule has 0 unspecified atom stereocenters. The number of hydrogen-bond acceptors (Lipinski definition) is 2. The molecule has 0 atom stereocenters. The van der Waals surface area contributed by atoms with Crippen LogP contribution in [0.1, 0.15) is 44.6 Å². The van der Waals surface area contributed by atoms with E-state index in [0.29, 0.717) is 6.04 Å². The number of nitrogens with zero attached hydrogens (tertiary/aromatic N) is 1. The molecule has 1 aliphatic carbocycles. The third kappa shape index (κ3) is 5.25. The zero-order valence-electron chi connectivity index (χ0n) is 15.6. The highest BCUT2D eigenvalue weighted by atomic mass is 16.2. The smallest absolute Gasteiger partial charge is 0.319 e. The van der Waals surface area contributed by atoms with Crippen LogP contribution >= 0.6 is 0 Å². The zero-order valence-corrected chi connectivity index (χ0v) is 15.6. The van der Waals surface area contributed by atoms with E-state index < -0.39 is 0 Å². The number of nitrogens with one attached hydrogen (secondary N) is 2. The maximum Gasteiger partial charge on any atom is 0.319 e. The lowest BCUT2D eigenvalue weighted by molar-refractivity contribution is 0.244. The molecule has 0 aromatic heterocycles. The van der Waals surface area contributed by atoms with E-state index in [1.807, 2.05) is 18.2 Å². The number of anilines is 2. The van der Waals surface area contributed by atoms with Crippen molar-refractivity contribution in [2.24, 2.45) is 0 Å². The van der Waals surface area contributed by atoms with Crippen molar-refractivity contribution in [1.82, 2.24) is 5.32 Å². The van der Waals surface area contributed by atoms with Crippen LogP contribution in [0.25, 0.3) is 0 Å². The molecule has 26 heavy (non-hydrogen) atoms. The van der Waals surface area contributed by atoms with Crippen LogP contribution in [0.15, 0.2) is 54.6 Å². The minimum atomic E-state index is -0.0960. The quantitative estimate of drug-likeness (QED) is 0.754. The molecule has 3 rings (SSSR count). The Kier molecular flexibility index (Phi) is 6.53. The second-order valence-electron chi connectivity index (χ2n) is 6.98. The van der Waals surface area contributed by atoms with Crippen molar-refractivity contribution < 1.29 is 4.79 Å². The van der Waals surface area contributed by atoms with Crippen LogP contribution < -0.4 is 15.5 Å². The third-order valence-corrected chi connectivity index (χ3v) is 5.03. The fourth-order valence-corrected chi connectivity index (χ4v) is 3.54. The number of carbonyl (C=O) groups is 1. The van der Waals surface area contributed by atoms with E-state index in [9.17, 15) is 4.79 Å². The Morgan fingerprint density at radius 3 is 2.35 bits per heavy atom. The van der Waals surface area contributed by atoms with Crippen LogP contribution in [-0.2, 0) is 6.54 Å². The van der Waals surface area contributed by atoms with Gasteiger partial charge in [-0.15, -0.1) is 0 Å². The molecule has 0 radical (unpaired) electrons. The molecule has 2 amide bonds. The van der Waals surface area contributed by atoms with Gasteiger partial charge in [0.15, 0.2) is 0 Å². The Morgan fingerprint density at radius 2 is 1.69 bits per heavy atom. The highest BCUT2D eigenvalue weighted by Gasteiger charge is 2.15. The predicted octanol–water partition coefficient (Wildman–Crippen LogP) is 5.17. The summed E-state index contributed by atoms with van der Waals surface area (Å²) in [7, 11) is 0. The van der Waals surface area contributed by atoms with Gasteiger partial charge in [-0.25, -0.2) is 4.79 Å². The van der Waals surface area contributed by atoms with Crippen molar-refractivity contribution in [1.29, 1.82) is 0 Å². The standard InChI is InChI=1S/C22H29N3O/c1-2-25(17-18-9-5-3-6-10-18)21-15-13-20(14-16-21)24-22(26)23-19-11-7-4-8-12-19/h3,5-6,9-10,13-16,19H,2,4,7-8,11-12,17H2,1H3,(H2,23,24,26). The molecule has 0 bridgehead atoms. The molecule has 0 heterocycles. The van der Waals surface area contributed by atoms with E-state index in [-0.39, 0.29) is 6.03 Å². The van der Waals surface area contributed by atoms with E-state index in [1.165, 1.54) is 24.8 Å². The Balaban J connectivity index is 1.55. The van der Waals surface area contributed by atoms with Gasteiger partial charge in [0.25, 0.3) is 0 Å². The normalized spacial score (nSPS) is 14.7. The Bertz CT molecular complexity index is 678. The van der Waals surface area contributed by atoms with Crippen LogP contribution in [0.4, 0.5) is 16.2 Å². The van der Waals surface area contributed by atoms with Gasteiger partial charge in [0.05, 0.1) is 0 Å². The molecule has 1 saturated carbocycles. The number of urea groups is 1. The SMILES string of the molecule is CCN(Cc1ccccc1)c1ccc(NC(=O)NC2CCCCC2)cc1. The summed E-state index contributed by atoms with van der Waals surface area (Å²) in [6.45, 7) is 3.98. The number of carbonyl (C=O) groups excluding carboxylic acids is 1. The molecule has 0 saturated heterocycles. The fraction of sp³-hybridized carbons (Fsp3) is 0.409. The maximum absolute atomic E-state index is 12.2. The lowest BCUT2D eigenvalue weighted by atomic mass is 9.96. The number of hydrogen-bond donors (Lipinski definition) is 2. The van der Waals surface area contributed by atoms with E-state index in [4.69, 9.17) is 0 Å². The van der Waals surface area contributed by atoms with Crippen molar-refractivity contribution in [3.05, 3.63) is 60.2 Å². The summed E-state index contributed by atoms with van der Waals surface area (Å²) in [4.78, 5) is 14.5. The van der Waals surface area contributed by atoms with Crippen LogP contribution in [0.2, 0.25) is 0 Å². The highest BCUT2D eigenvalue weighted by molar-refractivity contribution is 5.89. The lowest BCUT2D eigenvalue weighted by Gasteiger charge is -2.24. The second kappa shape index (κ2) is 9.27. The summed E-state index contributed by atoms with van der Waals surface area (Å²) in [5.74, 6) is 0. The van der Waals surface area contributed by atoms with Crippen LogP contribution in [0.5, 0.6) is 0 Å². The molecule has 4 heteroatoms. The molecule has 2 aromatic rings. The van der Waals surface area contributed by atoms with E-state index in [2.05, 4.69) is 58.9 Å². The first-order valence-corrected chi connectivity index (χ1v) is 9.71. The summed E-state index contributed by atoms with van der Waals surface area (Å²) in [5, 5.41) is 6.04. The molecule has 1 aliphatic rings. The van der Waals surface area contributed by atoms with Gasteiger partial charge in [-0.3, -0.25) is 0 Å². The predicted molar refractivity (Wildman–Crippen MR) is 109 cm³/mol. The summed E-state index contributed by atoms with van der Waals surface area (Å²) < 4.78 is 0. The molecular formula is C22H29N3O. The molecule has 2 N–H and O–H groups in total. The minimum Gasteiger partial charge on any atom is -0.367 e. The molecule has 0 spiro atoms. The van der Waals surface area contributed by atoms with E-state index >= 15 is 0 Å². The molecule has 2 aromatic carbocycles. The monoisotopic (exact) mass is 351 g/mol. The van der Waals surface area contributed by atoms with E-state index in [1.54, 1.807) is 0 Å². The van der Waals surface area contributed by atoms with Gasteiger partial charge < -0.3 is 15.5 Å². The molecule has 138 valence electrons. The van der Waals surface area contributed by atoms with Crippen LogP contribution in [-0.4, -0.2) is 18.6 Å². The van der Waals surface area contributed by atoms with Gasteiger partial charge >= 0.3 is 6.03 Å². The first-order valence-electron chi connectivity index (χ1n) is 9.71. The Labute approximate surface area is 156 Å². The van der Waals surface area contributed by atoms with Gasteiger partial charge in [-0.05, 0) is 49.6 Å². The largest absolute Gasteiger partial charge is 0.367 e. The highest BCUT2D eigenvalue weighted by Crippen LogP contribution is 2.21. The number of benzene rings is 2.